The van der Waals surface area contributed by atoms with E-state index in [2.05, 4.69) is 33.5 Å². The summed E-state index contributed by atoms with van der Waals surface area (Å²) in [7, 11) is 1.60. The van der Waals surface area contributed by atoms with Crippen molar-refractivity contribution in [1.29, 1.82) is 0 Å². The van der Waals surface area contributed by atoms with Gasteiger partial charge in [-0.15, -0.1) is 0 Å². The maximum Gasteiger partial charge on any atom is 0.407 e. The van der Waals surface area contributed by atoms with Crippen LogP contribution in [0.5, 0.6) is 0 Å². The first-order valence-electron chi connectivity index (χ1n) is 24.1. The second kappa shape index (κ2) is 28.2. The minimum Gasteiger partial charge on any atom is -0.445 e. The van der Waals surface area contributed by atoms with Crippen LogP contribution in [-0.4, -0.2) is 121 Å². The van der Waals surface area contributed by atoms with Crippen molar-refractivity contribution in [2.24, 2.45) is 11.8 Å². The molecule has 1 aliphatic carbocycles. The second-order valence-corrected chi connectivity index (χ2v) is 18.4. The molecule has 366 valence electrons. The molecule has 2 aliphatic rings. The lowest BCUT2D eigenvalue weighted by molar-refractivity contribution is -0.144. The van der Waals surface area contributed by atoms with Gasteiger partial charge in [0.25, 0.3) is 0 Å². The molecule has 66 heavy (non-hydrogen) atoms. The Morgan fingerprint density at radius 2 is 1.45 bits per heavy atom. The number of hydrogen-bond donors (Lipinski definition) is 5. The van der Waals surface area contributed by atoms with Crippen LogP contribution in [0.4, 0.5) is 9.18 Å². The van der Waals surface area contributed by atoms with E-state index in [1.807, 2.05) is 67.3 Å². The number of rotatable bonds is 18. The number of hydrogen-bond acceptors (Lipinski definition) is 9. The standard InChI is InChI=1S/C50H76FN7O8/c1-7-8-9-19-28-58-31-40(26-27-51)53-47(61)43(36(5)65-32-37-20-13-10-14-21-37)55-45(59)41(30-52-50(64)66-33-38-22-15-11-16-23-38)54-48(62)44(39-24-17-12-18-25-39)56-46(60)42(29-34(2)3)57(6)49(63)35(58)4/h10-11,13-16,20-23,34-36,39-44H,7-9,12,17-19,24-33H2,1-6H3,(H,52,64)(H,53,61)(H,54,62)(H,55,59)(H,56,60)/t35-,36-,40+,41-,42-,43-,44?/m0/s1. The molecule has 2 fully saturated rings. The molecule has 0 spiro atoms. The lowest BCUT2D eigenvalue weighted by Crippen LogP contribution is -2.64. The smallest absolute Gasteiger partial charge is 0.407 e. The van der Waals surface area contributed by atoms with E-state index in [0.29, 0.717) is 25.8 Å². The Morgan fingerprint density at radius 1 is 0.803 bits per heavy atom. The minimum absolute atomic E-state index is 0.00628. The fraction of sp³-hybridized carbons (Fsp3) is 0.640. The fourth-order valence-corrected chi connectivity index (χ4v) is 8.68. The van der Waals surface area contributed by atoms with Crippen LogP contribution in [0.3, 0.4) is 0 Å². The van der Waals surface area contributed by atoms with Gasteiger partial charge in [-0.25, -0.2) is 4.79 Å². The Hall–Kier alpha value is -5.09. The normalized spacial score (nSPS) is 24.1. The summed E-state index contributed by atoms with van der Waals surface area (Å²) in [5.41, 5.74) is 1.56. The zero-order valence-corrected chi connectivity index (χ0v) is 40.0. The third-order valence-corrected chi connectivity index (χ3v) is 12.7. The van der Waals surface area contributed by atoms with Gasteiger partial charge >= 0.3 is 6.09 Å². The molecule has 4 rings (SSSR count). The molecule has 0 aromatic heterocycles. The average molecular weight is 922 g/mol. The Morgan fingerprint density at radius 3 is 2.08 bits per heavy atom. The van der Waals surface area contributed by atoms with E-state index in [1.165, 1.54) is 4.90 Å². The van der Waals surface area contributed by atoms with Gasteiger partial charge in [0.2, 0.25) is 29.5 Å². The molecular weight excluding hydrogens is 846 g/mol. The van der Waals surface area contributed by atoms with Crippen LogP contribution < -0.4 is 26.6 Å². The molecule has 16 heteroatoms. The third-order valence-electron chi connectivity index (χ3n) is 12.7. The van der Waals surface area contributed by atoms with Gasteiger partial charge in [0, 0.05) is 19.6 Å². The molecule has 15 nitrogen and oxygen atoms in total. The Labute approximate surface area is 391 Å². The molecule has 1 saturated carbocycles. The highest BCUT2D eigenvalue weighted by molar-refractivity contribution is 5.96. The number of unbranched alkanes of at least 4 members (excludes halogenated alkanes) is 3. The number of alkyl carbamates (subject to hydrolysis) is 1. The Kier molecular flexibility index (Phi) is 22.8. The predicted octanol–water partition coefficient (Wildman–Crippen LogP) is 5.55. The highest BCUT2D eigenvalue weighted by Crippen LogP contribution is 2.27. The molecule has 1 unspecified atom stereocenters. The van der Waals surface area contributed by atoms with Crippen LogP contribution >= 0.6 is 0 Å². The number of nitrogens with one attached hydrogen (secondary N) is 5. The zero-order valence-electron chi connectivity index (χ0n) is 40.0. The van der Waals surface area contributed by atoms with Crippen LogP contribution in [-0.2, 0) is 46.7 Å². The summed E-state index contributed by atoms with van der Waals surface area (Å²) in [4.78, 5) is 89.4. The lowest BCUT2D eigenvalue weighted by Gasteiger charge is -2.38. The number of halogens is 1. The summed E-state index contributed by atoms with van der Waals surface area (Å²) < 4.78 is 26.0. The van der Waals surface area contributed by atoms with E-state index in [9.17, 15) is 33.2 Å². The van der Waals surface area contributed by atoms with Crippen LogP contribution in [0.2, 0.25) is 0 Å². The maximum absolute atomic E-state index is 14.7. The number of likely N-dealkylation sites (N-methyl/N-ethyl adjacent to an activating group) is 1. The summed E-state index contributed by atoms with van der Waals surface area (Å²) in [6.07, 6.45) is 6.00. The summed E-state index contributed by atoms with van der Waals surface area (Å²) in [6.45, 7) is 8.85. The molecule has 1 heterocycles. The summed E-state index contributed by atoms with van der Waals surface area (Å²) in [5, 5.41) is 14.2. The van der Waals surface area contributed by atoms with E-state index in [1.54, 1.807) is 33.0 Å². The molecule has 5 N–H and O–H groups in total. The molecular formula is C50H76FN7O8. The van der Waals surface area contributed by atoms with Gasteiger partial charge in [0.15, 0.2) is 0 Å². The Balaban J connectivity index is 1.78. The summed E-state index contributed by atoms with van der Waals surface area (Å²) in [6, 6.07) is 11.9. The number of ether oxygens (including phenoxy) is 2. The molecule has 1 aliphatic heterocycles. The van der Waals surface area contributed by atoms with Gasteiger partial charge in [-0.05, 0) is 75.5 Å². The van der Waals surface area contributed by atoms with Gasteiger partial charge in [0.05, 0.1) is 32.0 Å². The van der Waals surface area contributed by atoms with Crippen molar-refractivity contribution in [2.45, 2.75) is 161 Å². The summed E-state index contributed by atoms with van der Waals surface area (Å²) >= 11 is 0. The number of alkyl halides is 1. The Bertz CT molecular complexity index is 1820. The molecule has 6 amide bonds. The number of carbonyl (C=O) groups excluding carboxylic acids is 6. The first kappa shape index (κ1) is 53.5. The number of carbonyl (C=O) groups is 6. The van der Waals surface area contributed by atoms with Gasteiger partial charge in [-0.1, -0.05) is 120 Å². The van der Waals surface area contributed by atoms with E-state index < -0.39 is 85.3 Å². The van der Waals surface area contributed by atoms with Crippen molar-refractivity contribution in [3.8, 4) is 0 Å². The third kappa shape index (κ3) is 17.3. The molecule has 7 atom stereocenters. The quantitative estimate of drug-likeness (QED) is 0.120. The average Bonchev–Trinajstić information content (AvgIpc) is 3.32. The van der Waals surface area contributed by atoms with Crippen molar-refractivity contribution in [3.63, 3.8) is 0 Å². The van der Waals surface area contributed by atoms with E-state index in [4.69, 9.17) is 9.47 Å². The first-order chi connectivity index (χ1) is 31.7. The van der Waals surface area contributed by atoms with Crippen molar-refractivity contribution in [3.05, 3.63) is 71.8 Å². The van der Waals surface area contributed by atoms with E-state index in [-0.39, 0.29) is 43.9 Å². The highest BCUT2D eigenvalue weighted by atomic mass is 19.1. The van der Waals surface area contributed by atoms with E-state index in [0.717, 1.165) is 56.1 Å². The second-order valence-electron chi connectivity index (χ2n) is 18.4. The maximum atomic E-state index is 14.7. The number of nitrogens with zero attached hydrogens (tertiary/aromatic N) is 2. The molecule has 0 radical (unpaired) electrons. The summed E-state index contributed by atoms with van der Waals surface area (Å²) in [5.74, 6) is -3.23. The highest BCUT2D eigenvalue weighted by Gasteiger charge is 2.40. The van der Waals surface area contributed by atoms with Crippen molar-refractivity contribution in [1.82, 2.24) is 36.4 Å². The topological polar surface area (TPSA) is 188 Å². The lowest BCUT2D eigenvalue weighted by atomic mass is 9.83. The minimum atomic E-state index is -1.46. The van der Waals surface area contributed by atoms with Gasteiger partial charge in [-0.3, -0.25) is 33.3 Å². The molecule has 2 aromatic carbocycles. The SMILES string of the molecule is CCCCCCN1C[C@@H](CCF)NC(=O)[C@H]([C@H](C)OCc2ccccc2)NC(=O)[C@H](CNC(=O)OCc2ccccc2)NC(=O)C(C2CCCCC2)NC(=O)[C@H](CC(C)C)N(C)C(=O)[C@@H]1C. The fourth-order valence-electron chi connectivity index (χ4n) is 8.68. The number of benzene rings is 2. The largest absolute Gasteiger partial charge is 0.445 e. The van der Waals surface area contributed by atoms with Crippen LogP contribution in [0.25, 0.3) is 0 Å². The van der Waals surface area contributed by atoms with Crippen molar-refractivity contribution < 1.29 is 42.6 Å². The van der Waals surface area contributed by atoms with Gasteiger partial charge < -0.3 is 41.0 Å². The van der Waals surface area contributed by atoms with Gasteiger partial charge in [-0.2, -0.15) is 0 Å². The zero-order chi connectivity index (χ0) is 48.0. The number of amides is 6. The van der Waals surface area contributed by atoms with Gasteiger partial charge in [0.1, 0.15) is 30.8 Å². The monoisotopic (exact) mass is 922 g/mol. The molecule has 1 saturated heterocycles. The predicted molar refractivity (Wildman–Crippen MR) is 251 cm³/mol. The molecule has 2 aromatic rings. The van der Waals surface area contributed by atoms with E-state index >= 15 is 0 Å². The van der Waals surface area contributed by atoms with Crippen LogP contribution in [0.1, 0.15) is 116 Å². The van der Waals surface area contributed by atoms with Crippen LogP contribution in [0, 0.1) is 11.8 Å². The van der Waals surface area contributed by atoms with Crippen molar-refractivity contribution >= 4 is 35.6 Å². The van der Waals surface area contributed by atoms with Crippen LogP contribution in [0.15, 0.2) is 60.7 Å². The molecule has 0 bridgehead atoms. The first-order valence-corrected chi connectivity index (χ1v) is 24.1. The van der Waals surface area contributed by atoms with Crippen molar-refractivity contribution in [2.75, 3.05) is 33.4 Å².